The van der Waals surface area contributed by atoms with Crippen LogP contribution in [-0.2, 0) is 25.7 Å². The van der Waals surface area contributed by atoms with Crippen molar-refractivity contribution in [3.8, 4) is 0 Å². The zero-order valence-corrected chi connectivity index (χ0v) is 23.3. The highest BCUT2D eigenvalue weighted by molar-refractivity contribution is 7.99. The van der Waals surface area contributed by atoms with Crippen molar-refractivity contribution in [1.82, 2.24) is 9.88 Å². The van der Waals surface area contributed by atoms with Crippen molar-refractivity contribution >= 4 is 29.3 Å². The highest BCUT2D eigenvalue weighted by Crippen LogP contribution is 2.40. The minimum Gasteiger partial charge on any atom is -0.392 e. The molecule has 2 aromatic carbocycles. The predicted octanol–water partition coefficient (Wildman–Crippen LogP) is 5.40. The van der Waals surface area contributed by atoms with Crippen LogP contribution in [0.1, 0.15) is 48.3 Å². The van der Waals surface area contributed by atoms with E-state index in [1.807, 2.05) is 42.5 Å². The van der Waals surface area contributed by atoms with Gasteiger partial charge in [0.15, 0.2) is 6.29 Å². The topological polar surface area (TPSA) is 101 Å². The summed E-state index contributed by atoms with van der Waals surface area (Å²) in [6, 6.07) is 18.7. The molecule has 3 aromatic rings. The van der Waals surface area contributed by atoms with E-state index in [9.17, 15) is 27.9 Å². The first kappa shape index (κ1) is 30.0. The van der Waals surface area contributed by atoms with Gasteiger partial charge < -0.3 is 24.8 Å². The fourth-order valence-electron chi connectivity index (χ4n) is 5.07. The molecule has 2 amide bonds. The Kier molecular flexibility index (Phi) is 9.47. The molecule has 2 aliphatic rings. The zero-order chi connectivity index (χ0) is 29.7. The van der Waals surface area contributed by atoms with Crippen molar-refractivity contribution in [1.29, 1.82) is 0 Å². The quantitative estimate of drug-likeness (QED) is 0.334. The third kappa shape index (κ3) is 7.30. The number of nitrogens with one attached hydrogen (secondary N) is 1. The van der Waals surface area contributed by atoms with E-state index < -0.39 is 30.3 Å². The number of amides is 2. The second-order valence-corrected chi connectivity index (χ2v) is 11.1. The van der Waals surface area contributed by atoms with Crippen molar-refractivity contribution in [2.45, 2.75) is 61.6 Å². The Balaban J connectivity index is 1.32. The average molecular weight is 602 g/mol. The molecule has 42 heavy (non-hydrogen) atoms. The fraction of sp³-hybridized carbons (Fsp3) is 0.367. The number of halogens is 3. The van der Waals surface area contributed by atoms with Gasteiger partial charge in [-0.15, -0.1) is 11.8 Å². The molecule has 2 fully saturated rings. The molecule has 2 aliphatic heterocycles. The summed E-state index contributed by atoms with van der Waals surface area (Å²) in [7, 11) is 0. The molecule has 3 heterocycles. The second-order valence-electron chi connectivity index (χ2n) is 10.1. The van der Waals surface area contributed by atoms with E-state index >= 15 is 0 Å². The summed E-state index contributed by atoms with van der Waals surface area (Å²) >= 11 is 1.56. The van der Waals surface area contributed by atoms with Crippen LogP contribution in [0.2, 0.25) is 0 Å². The minimum atomic E-state index is -5.04. The van der Waals surface area contributed by atoms with Gasteiger partial charge in [0.2, 0.25) is 5.91 Å². The van der Waals surface area contributed by atoms with Gasteiger partial charge in [-0.05, 0) is 48.2 Å². The Morgan fingerprint density at radius 2 is 1.86 bits per heavy atom. The van der Waals surface area contributed by atoms with Crippen LogP contribution in [0.25, 0.3) is 0 Å². The largest absolute Gasteiger partial charge is 0.471 e. The number of aliphatic hydroxyl groups excluding tert-OH is 1. The first-order valence-electron chi connectivity index (χ1n) is 13.5. The van der Waals surface area contributed by atoms with Gasteiger partial charge in [0.25, 0.3) is 0 Å². The number of nitrogens with zero attached hydrogens (tertiary/aromatic N) is 2. The molecule has 2 saturated heterocycles. The molecule has 0 unspecified atom stereocenters. The molecule has 0 aliphatic carbocycles. The maximum atomic E-state index is 13.0. The van der Waals surface area contributed by atoms with Crippen LogP contribution in [0.15, 0.2) is 78.0 Å². The highest BCUT2D eigenvalue weighted by atomic mass is 32.2. The molecular weight excluding hydrogens is 571 g/mol. The number of aromatic nitrogens is 1. The third-order valence-electron chi connectivity index (χ3n) is 7.15. The number of carbonyl (C=O) groups is 2. The highest BCUT2D eigenvalue weighted by Gasteiger charge is 2.47. The van der Waals surface area contributed by atoms with E-state index in [1.54, 1.807) is 42.2 Å². The Morgan fingerprint density at radius 1 is 1.05 bits per heavy atom. The molecule has 12 heteroatoms. The number of benzene rings is 2. The summed E-state index contributed by atoms with van der Waals surface area (Å²) in [5, 5.41) is 13.0. The number of alkyl halides is 3. The molecule has 4 atom stereocenters. The summed E-state index contributed by atoms with van der Waals surface area (Å²) in [5.41, 5.74) is 2.68. The monoisotopic (exact) mass is 601 g/mol. The van der Waals surface area contributed by atoms with E-state index in [0.29, 0.717) is 34.7 Å². The maximum Gasteiger partial charge on any atom is 0.471 e. The van der Waals surface area contributed by atoms with Crippen molar-refractivity contribution in [3.63, 3.8) is 0 Å². The van der Waals surface area contributed by atoms with Gasteiger partial charge in [-0.25, -0.2) is 4.98 Å². The van der Waals surface area contributed by atoms with E-state index in [1.165, 1.54) is 0 Å². The molecular formula is C30H30F3N3O5S. The van der Waals surface area contributed by atoms with Gasteiger partial charge in [-0.1, -0.05) is 42.5 Å². The lowest BCUT2D eigenvalue weighted by Crippen LogP contribution is -2.48. The van der Waals surface area contributed by atoms with Crippen LogP contribution in [0.3, 0.4) is 0 Å². The van der Waals surface area contributed by atoms with Gasteiger partial charge in [-0.3, -0.25) is 9.59 Å². The number of carbonyl (C=O) groups excluding carboxylic acids is 2. The fourth-order valence-corrected chi connectivity index (χ4v) is 5.95. The zero-order valence-electron chi connectivity index (χ0n) is 22.5. The second kappa shape index (κ2) is 13.2. The van der Waals surface area contributed by atoms with Gasteiger partial charge in [0.1, 0.15) is 6.04 Å². The van der Waals surface area contributed by atoms with Crippen LogP contribution in [0.4, 0.5) is 18.9 Å². The number of aliphatic hydroxyl groups is 1. The van der Waals surface area contributed by atoms with Crippen molar-refractivity contribution in [2.24, 2.45) is 0 Å². The van der Waals surface area contributed by atoms with Crippen LogP contribution >= 0.6 is 11.8 Å². The molecule has 222 valence electrons. The molecule has 0 spiro atoms. The Labute approximate surface area is 245 Å². The summed E-state index contributed by atoms with van der Waals surface area (Å²) < 4.78 is 51.8. The van der Waals surface area contributed by atoms with E-state index in [-0.39, 0.29) is 31.8 Å². The van der Waals surface area contributed by atoms with Crippen molar-refractivity contribution < 1.29 is 37.3 Å². The number of anilines is 1. The SMILES string of the molecule is O=C(Nc1cccc([C@H]2O[C@@H](CSc3ccccn3)C[C@@H](c3ccc(CO)cc3)O2)c1)[C@@H]1CCCN1C(=O)C(F)(F)F. The molecule has 0 bridgehead atoms. The average Bonchev–Trinajstić information content (AvgIpc) is 3.50. The van der Waals surface area contributed by atoms with Crippen molar-refractivity contribution in [3.05, 3.63) is 89.6 Å². The number of pyridine rings is 1. The molecule has 8 nitrogen and oxygen atoms in total. The van der Waals surface area contributed by atoms with Crippen LogP contribution in [0, 0.1) is 0 Å². The molecule has 2 N–H and O–H groups in total. The number of hydrogen-bond acceptors (Lipinski definition) is 7. The van der Waals surface area contributed by atoms with Gasteiger partial charge in [0, 0.05) is 36.2 Å². The Hall–Kier alpha value is -3.45. The number of ether oxygens (including phenoxy) is 2. The Bertz CT molecular complexity index is 1380. The lowest BCUT2D eigenvalue weighted by molar-refractivity contribution is -0.245. The summed E-state index contributed by atoms with van der Waals surface area (Å²) in [6.45, 7) is -0.193. The molecule has 1 aromatic heterocycles. The Morgan fingerprint density at radius 3 is 2.57 bits per heavy atom. The minimum absolute atomic E-state index is 0.0671. The lowest BCUT2D eigenvalue weighted by atomic mass is 10.0. The predicted molar refractivity (Wildman–Crippen MR) is 149 cm³/mol. The van der Waals surface area contributed by atoms with Crippen molar-refractivity contribution in [2.75, 3.05) is 17.6 Å². The van der Waals surface area contributed by atoms with E-state index in [2.05, 4.69) is 10.3 Å². The first-order valence-corrected chi connectivity index (χ1v) is 14.5. The molecule has 0 radical (unpaired) electrons. The maximum absolute atomic E-state index is 13.0. The summed E-state index contributed by atoms with van der Waals surface area (Å²) in [5.74, 6) is -2.08. The summed E-state index contributed by atoms with van der Waals surface area (Å²) in [4.78, 5) is 29.7. The van der Waals surface area contributed by atoms with Crippen LogP contribution in [-0.4, -0.2) is 57.4 Å². The lowest BCUT2D eigenvalue weighted by Gasteiger charge is -2.36. The normalized spacial score (nSPS) is 22.6. The van der Waals surface area contributed by atoms with Crippen LogP contribution in [0.5, 0.6) is 0 Å². The third-order valence-corrected chi connectivity index (χ3v) is 8.23. The standard InChI is InChI=1S/C30H30F3N3O5S/c31-30(32,33)29(39)36-14-4-7-24(36)27(38)35-22-6-3-5-21(15-22)28-40-23(18-42-26-8-1-2-13-34-26)16-25(41-28)20-11-9-19(17-37)10-12-20/h1-3,5-6,8-13,15,23-25,28,37H,4,7,14,16-18H2,(H,35,38)/t23-,24+,25+,28+/m1/s1. The first-order chi connectivity index (χ1) is 20.2. The van der Waals surface area contributed by atoms with Gasteiger partial charge >= 0.3 is 12.1 Å². The number of likely N-dealkylation sites (tertiary alicyclic amines) is 1. The van der Waals surface area contributed by atoms with E-state index in [4.69, 9.17) is 9.47 Å². The van der Waals surface area contributed by atoms with Crippen LogP contribution < -0.4 is 5.32 Å². The van der Waals surface area contributed by atoms with E-state index in [0.717, 1.165) is 16.2 Å². The number of rotatable bonds is 8. The number of thioether (sulfide) groups is 1. The molecule has 5 rings (SSSR count). The smallest absolute Gasteiger partial charge is 0.392 e. The van der Waals surface area contributed by atoms with Gasteiger partial charge in [-0.2, -0.15) is 13.2 Å². The molecule has 0 saturated carbocycles. The van der Waals surface area contributed by atoms with Gasteiger partial charge in [0.05, 0.1) is 23.8 Å². The summed E-state index contributed by atoms with van der Waals surface area (Å²) in [6.07, 6.45) is -3.60. The number of hydrogen-bond donors (Lipinski definition) is 2.